The molecular formula is C16H15BrF3NO4. The van der Waals surface area contributed by atoms with Gasteiger partial charge in [-0.2, -0.15) is 13.2 Å². The average molecular weight is 422 g/mol. The molecule has 136 valence electrons. The van der Waals surface area contributed by atoms with Gasteiger partial charge in [0.25, 0.3) is 11.8 Å². The van der Waals surface area contributed by atoms with Gasteiger partial charge in [-0.05, 0) is 31.9 Å². The summed E-state index contributed by atoms with van der Waals surface area (Å²) in [4.78, 5) is 25.9. The molecule has 2 amide bonds. The minimum Gasteiger partial charge on any atom is -0.493 e. The first-order valence-corrected chi connectivity index (χ1v) is 8.71. The molecule has 1 N–H and O–H groups in total. The summed E-state index contributed by atoms with van der Waals surface area (Å²) in [5, 5.41) is 10.2. The van der Waals surface area contributed by atoms with Gasteiger partial charge >= 0.3 is 6.18 Å². The van der Waals surface area contributed by atoms with E-state index in [4.69, 9.17) is 4.74 Å². The quantitative estimate of drug-likeness (QED) is 0.599. The fourth-order valence-corrected chi connectivity index (χ4v) is 3.45. The van der Waals surface area contributed by atoms with Gasteiger partial charge in [-0.15, -0.1) is 0 Å². The highest BCUT2D eigenvalue weighted by atomic mass is 79.9. The van der Waals surface area contributed by atoms with E-state index < -0.39 is 40.8 Å². The van der Waals surface area contributed by atoms with E-state index in [0.29, 0.717) is 5.33 Å². The molecule has 1 heterocycles. The SMILES string of the molecule is CC1(O)CC(N2C(=O)c3cc(OCCBr)cc(C(F)(F)F)c3C2=O)C1. The van der Waals surface area contributed by atoms with Crippen molar-refractivity contribution < 1.29 is 32.6 Å². The number of rotatable bonds is 4. The van der Waals surface area contributed by atoms with Crippen LogP contribution in [0.3, 0.4) is 0 Å². The van der Waals surface area contributed by atoms with Crippen molar-refractivity contribution in [3.63, 3.8) is 0 Å². The zero-order chi connectivity index (χ0) is 18.6. The number of carbonyl (C=O) groups excluding carboxylic acids is 2. The van der Waals surface area contributed by atoms with Gasteiger partial charge in [0.05, 0.1) is 28.9 Å². The lowest BCUT2D eigenvalue weighted by Crippen LogP contribution is -2.55. The van der Waals surface area contributed by atoms with Crippen molar-refractivity contribution in [2.75, 3.05) is 11.9 Å². The van der Waals surface area contributed by atoms with Gasteiger partial charge in [0.2, 0.25) is 0 Å². The molecule has 0 radical (unpaired) electrons. The summed E-state index contributed by atoms with van der Waals surface area (Å²) in [6.07, 6.45) is -4.51. The molecule has 3 rings (SSSR count). The number of alkyl halides is 4. The summed E-state index contributed by atoms with van der Waals surface area (Å²) in [5.74, 6) is -1.87. The topological polar surface area (TPSA) is 66.8 Å². The molecule has 1 fully saturated rings. The lowest BCUT2D eigenvalue weighted by molar-refractivity contribution is -0.138. The zero-order valence-corrected chi connectivity index (χ0v) is 14.8. The molecule has 2 aliphatic rings. The highest BCUT2D eigenvalue weighted by Crippen LogP contribution is 2.43. The first-order valence-electron chi connectivity index (χ1n) is 7.59. The number of benzene rings is 1. The maximum Gasteiger partial charge on any atom is 0.417 e. The molecule has 0 bridgehead atoms. The van der Waals surface area contributed by atoms with E-state index in [-0.39, 0.29) is 30.8 Å². The Morgan fingerprint density at radius 3 is 2.48 bits per heavy atom. The number of hydrogen-bond acceptors (Lipinski definition) is 4. The van der Waals surface area contributed by atoms with Gasteiger partial charge in [-0.1, -0.05) is 15.9 Å². The summed E-state index contributed by atoms with van der Waals surface area (Å²) in [7, 11) is 0. The number of fused-ring (bicyclic) bond motifs is 1. The van der Waals surface area contributed by atoms with Crippen LogP contribution in [0.4, 0.5) is 13.2 Å². The summed E-state index contributed by atoms with van der Waals surface area (Å²) in [6.45, 7) is 1.67. The Labute approximate surface area is 149 Å². The second-order valence-corrected chi connectivity index (χ2v) is 7.26. The van der Waals surface area contributed by atoms with Crippen LogP contribution in [0.15, 0.2) is 12.1 Å². The van der Waals surface area contributed by atoms with Gasteiger partial charge in [-0.3, -0.25) is 14.5 Å². The van der Waals surface area contributed by atoms with E-state index in [0.717, 1.165) is 11.0 Å². The lowest BCUT2D eigenvalue weighted by Gasteiger charge is -2.44. The van der Waals surface area contributed by atoms with Crippen molar-refractivity contribution in [3.05, 3.63) is 28.8 Å². The number of imide groups is 1. The second kappa shape index (κ2) is 5.98. The van der Waals surface area contributed by atoms with Crippen LogP contribution in [0, 0.1) is 0 Å². The molecule has 1 aromatic rings. The smallest absolute Gasteiger partial charge is 0.417 e. The number of aliphatic hydroxyl groups is 1. The zero-order valence-electron chi connectivity index (χ0n) is 13.2. The Hall–Kier alpha value is -1.61. The first-order chi connectivity index (χ1) is 11.5. The van der Waals surface area contributed by atoms with Gasteiger partial charge in [0.15, 0.2) is 0 Å². The number of amides is 2. The highest BCUT2D eigenvalue weighted by molar-refractivity contribution is 9.09. The summed E-state index contributed by atoms with van der Waals surface area (Å²) < 4.78 is 45.4. The van der Waals surface area contributed by atoms with Crippen LogP contribution in [0.25, 0.3) is 0 Å². The molecule has 0 spiro atoms. The van der Waals surface area contributed by atoms with E-state index in [2.05, 4.69) is 15.9 Å². The number of halogens is 4. The van der Waals surface area contributed by atoms with Crippen LogP contribution in [0.1, 0.15) is 46.0 Å². The van der Waals surface area contributed by atoms with Gasteiger partial charge in [0.1, 0.15) is 5.75 Å². The largest absolute Gasteiger partial charge is 0.493 e. The number of hydrogen-bond donors (Lipinski definition) is 1. The van der Waals surface area contributed by atoms with Crippen LogP contribution in [0.2, 0.25) is 0 Å². The predicted molar refractivity (Wildman–Crippen MR) is 84.9 cm³/mol. The molecular weight excluding hydrogens is 407 g/mol. The van der Waals surface area contributed by atoms with Crippen molar-refractivity contribution in [1.82, 2.24) is 4.90 Å². The monoisotopic (exact) mass is 421 g/mol. The van der Waals surface area contributed by atoms with Crippen molar-refractivity contribution in [2.24, 2.45) is 0 Å². The Bertz CT molecular complexity index is 740. The van der Waals surface area contributed by atoms with E-state index in [1.165, 1.54) is 6.07 Å². The number of carbonyl (C=O) groups is 2. The Morgan fingerprint density at radius 1 is 1.32 bits per heavy atom. The number of ether oxygens (including phenoxy) is 1. The molecule has 25 heavy (non-hydrogen) atoms. The first kappa shape index (κ1) is 18.2. The molecule has 9 heteroatoms. The van der Waals surface area contributed by atoms with Crippen molar-refractivity contribution in [1.29, 1.82) is 0 Å². The molecule has 1 aliphatic carbocycles. The molecule has 0 atom stereocenters. The van der Waals surface area contributed by atoms with Crippen molar-refractivity contribution >= 4 is 27.7 Å². The standard InChI is InChI=1S/C16H15BrF3NO4/c1-15(24)6-8(7-15)21-13(22)10-4-9(25-3-2-17)5-11(16(18,19)20)12(10)14(21)23/h4-5,8,24H,2-3,6-7H2,1H3. The van der Waals surface area contributed by atoms with Gasteiger partial charge < -0.3 is 9.84 Å². The van der Waals surface area contributed by atoms with E-state index in [1.807, 2.05) is 0 Å². The molecule has 1 aromatic carbocycles. The van der Waals surface area contributed by atoms with Crippen molar-refractivity contribution in [3.8, 4) is 5.75 Å². The molecule has 0 aromatic heterocycles. The normalized spacial score (nSPS) is 25.8. The molecule has 0 unspecified atom stereocenters. The van der Waals surface area contributed by atoms with Gasteiger partial charge in [-0.25, -0.2) is 0 Å². The minimum atomic E-state index is -4.80. The highest BCUT2D eigenvalue weighted by Gasteiger charge is 2.52. The third-order valence-electron chi connectivity index (χ3n) is 4.36. The average Bonchev–Trinajstić information content (AvgIpc) is 2.72. The van der Waals surface area contributed by atoms with Crippen LogP contribution < -0.4 is 4.74 Å². The number of nitrogens with zero attached hydrogens (tertiary/aromatic N) is 1. The van der Waals surface area contributed by atoms with Gasteiger partial charge in [0, 0.05) is 11.4 Å². The van der Waals surface area contributed by atoms with E-state index >= 15 is 0 Å². The van der Waals surface area contributed by atoms with Crippen LogP contribution in [-0.2, 0) is 6.18 Å². The third kappa shape index (κ3) is 3.15. The van der Waals surface area contributed by atoms with Crippen LogP contribution in [0.5, 0.6) is 5.75 Å². The van der Waals surface area contributed by atoms with Crippen LogP contribution in [-0.4, -0.2) is 45.4 Å². The summed E-state index contributed by atoms with van der Waals surface area (Å²) in [6, 6.07) is 1.31. The second-order valence-electron chi connectivity index (χ2n) is 6.47. The fraction of sp³-hybridized carbons (Fsp3) is 0.500. The third-order valence-corrected chi connectivity index (χ3v) is 4.68. The Balaban J connectivity index is 2.03. The van der Waals surface area contributed by atoms with Crippen molar-refractivity contribution in [2.45, 2.75) is 37.6 Å². The Morgan fingerprint density at radius 2 is 1.96 bits per heavy atom. The van der Waals surface area contributed by atoms with E-state index in [1.54, 1.807) is 6.92 Å². The van der Waals surface area contributed by atoms with E-state index in [9.17, 15) is 27.9 Å². The van der Waals surface area contributed by atoms with Crippen LogP contribution >= 0.6 is 15.9 Å². The molecule has 1 saturated carbocycles. The molecule has 1 aliphatic heterocycles. The fourth-order valence-electron chi connectivity index (χ4n) is 3.29. The predicted octanol–water partition coefficient (Wildman–Crippen LogP) is 2.99. The molecule has 0 saturated heterocycles. The maximum atomic E-state index is 13.4. The lowest BCUT2D eigenvalue weighted by atomic mass is 9.76. The summed E-state index contributed by atoms with van der Waals surface area (Å²) in [5.41, 5.74) is -3.15. The Kier molecular flexibility index (Phi) is 4.35. The molecule has 5 nitrogen and oxygen atoms in total. The summed E-state index contributed by atoms with van der Waals surface area (Å²) >= 11 is 3.10. The maximum absolute atomic E-state index is 13.4. The minimum absolute atomic E-state index is 0.117.